The number of methoxy groups -OCH3 is 1. The Labute approximate surface area is 203 Å². The van der Waals surface area contributed by atoms with Crippen LogP contribution in [0.4, 0.5) is 5.69 Å². The molecule has 1 aliphatic rings. The zero-order chi connectivity index (χ0) is 25.9. The molecule has 35 heavy (non-hydrogen) atoms. The van der Waals surface area contributed by atoms with Gasteiger partial charge in [0.15, 0.2) is 11.5 Å². The standard InChI is InChI=1S/C25H29N3O7/c1-15(2)35-19-10-9-16(14-20(19)34-5)22-21(24(30)25(31)27(22)12-11-26(3)4)23(29)17-7-6-8-18(13-17)28(32)33/h6-10,13-15,22,29H,11-12H2,1-5H3/b23-21+. The predicted octanol–water partition coefficient (Wildman–Crippen LogP) is 3.37. The van der Waals surface area contributed by atoms with Gasteiger partial charge in [0.05, 0.1) is 29.8 Å². The summed E-state index contributed by atoms with van der Waals surface area (Å²) in [4.78, 5) is 40.1. The van der Waals surface area contributed by atoms with Crippen LogP contribution in [-0.4, -0.2) is 71.9 Å². The fourth-order valence-electron chi connectivity index (χ4n) is 3.89. The van der Waals surface area contributed by atoms with E-state index in [0.717, 1.165) is 0 Å². The number of ketones is 1. The molecule has 2 aromatic rings. The van der Waals surface area contributed by atoms with Crippen molar-refractivity contribution < 1.29 is 29.1 Å². The van der Waals surface area contributed by atoms with Crippen LogP contribution < -0.4 is 9.47 Å². The molecule has 1 amide bonds. The number of likely N-dealkylation sites (tertiary alicyclic amines) is 1. The molecule has 0 spiro atoms. The van der Waals surface area contributed by atoms with Gasteiger partial charge in [-0.15, -0.1) is 0 Å². The summed E-state index contributed by atoms with van der Waals surface area (Å²) in [5.74, 6) is -1.20. The number of nitro groups is 1. The second-order valence-electron chi connectivity index (χ2n) is 8.68. The van der Waals surface area contributed by atoms with Gasteiger partial charge in [-0.3, -0.25) is 19.7 Å². The van der Waals surface area contributed by atoms with Crippen molar-refractivity contribution >= 4 is 23.1 Å². The molecule has 1 atom stereocenters. The first-order valence-corrected chi connectivity index (χ1v) is 11.1. The number of non-ortho nitro benzene ring substituents is 1. The molecule has 10 nitrogen and oxygen atoms in total. The Kier molecular flexibility index (Phi) is 7.75. The molecule has 1 aliphatic heterocycles. The number of aliphatic hydroxyl groups is 1. The van der Waals surface area contributed by atoms with Gasteiger partial charge in [-0.2, -0.15) is 0 Å². The number of nitro benzene ring substituents is 1. The number of rotatable bonds is 9. The molecular weight excluding hydrogens is 454 g/mol. The number of likely N-dealkylation sites (N-methyl/N-ethyl adjacent to an activating group) is 1. The van der Waals surface area contributed by atoms with Gasteiger partial charge >= 0.3 is 0 Å². The third kappa shape index (κ3) is 5.43. The van der Waals surface area contributed by atoms with Crippen molar-refractivity contribution in [3.05, 3.63) is 69.3 Å². The van der Waals surface area contributed by atoms with Crippen LogP contribution in [0.25, 0.3) is 5.76 Å². The van der Waals surface area contributed by atoms with E-state index in [9.17, 15) is 24.8 Å². The first-order chi connectivity index (χ1) is 16.5. The monoisotopic (exact) mass is 483 g/mol. The van der Waals surface area contributed by atoms with Gasteiger partial charge in [0.2, 0.25) is 0 Å². The lowest BCUT2D eigenvalue weighted by molar-refractivity contribution is -0.384. The molecule has 0 aromatic heterocycles. The predicted molar refractivity (Wildman–Crippen MR) is 129 cm³/mol. The van der Waals surface area contributed by atoms with Crippen LogP contribution in [0, 0.1) is 10.1 Å². The van der Waals surface area contributed by atoms with Crippen molar-refractivity contribution in [3.63, 3.8) is 0 Å². The van der Waals surface area contributed by atoms with Gasteiger partial charge in [-0.1, -0.05) is 18.2 Å². The van der Waals surface area contributed by atoms with Gasteiger partial charge in [-0.05, 0) is 45.6 Å². The molecule has 0 aliphatic carbocycles. The maximum Gasteiger partial charge on any atom is 0.295 e. The van der Waals surface area contributed by atoms with Crippen LogP contribution in [0.3, 0.4) is 0 Å². The van der Waals surface area contributed by atoms with E-state index in [0.29, 0.717) is 23.6 Å². The normalized spacial score (nSPS) is 17.3. The van der Waals surface area contributed by atoms with Gasteiger partial charge in [0.1, 0.15) is 5.76 Å². The maximum atomic E-state index is 13.1. The average molecular weight is 484 g/mol. The number of ether oxygens (including phenoxy) is 2. The zero-order valence-electron chi connectivity index (χ0n) is 20.3. The fourth-order valence-corrected chi connectivity index (χ4v) is 3.89. The molecular formula is C25H29N3O7. The number of carbonyl (C=O) groups is 2. The van der Waals surface area contributed by atoms with E-state index in [2.05, 4.69) is 0 Å². The molecule has 1 heterocycles. The molecule has 0 saturated carbocycles. The summed E-state index contributed by atoms with van der Waals surface area (Å²) in [5, 5.41) is 22.4. The van der Waals surface area contributed by atoms with Crippen molar-refractivity contribution in [1.29, 1.82) is 0 Å². The number of hydrogen-bond acceptors (Lipinski definition) is 8. The lowest BCUT2D eigenvalue weighted by atomic mass is 9.95. The first-order valence-electron chi connectivity index (χ1n) is 11.1. The highest BCUT2D eigenvalue weighted by Gasteiger charge is 2.46. The van der Waals surface area contributed by atoms with Crippen LogP contribution in [-0.2, 0) is 9.59 Å². The Balaban J connectivity index is 2.19. The highest BCUT2D eigenvalue weighted by atomic mass is 16.6. The fraction of sp³-hybridized carbons (Fsp3) is 0.360. The average Bonchev–Trinajstić information content (AvgIpc) is 3.07. The number of aliphatic hydroxyl groups excluding tert-OH is 1. The minimum atomic E-state index is -0.920. The molecule has 0 bridgehead atoms. The van der Waals surface area contributed by atoms with Gasteiger partial charge in [0.25, 0.3) is 17.4 Å². The minimum absolute atomic E-state index is 0.0709. The topological polar surface area (TPSA) is 122 Å². The van der Waals surface area contributed by atoms with E-state index in [1.54, 1.807) is 18.2 Å². The van der Waals surface area contributed by atoms with Crippen LogP contribution in [0.2, 0.25) is 0 Å². The summed E-state index contributed by atoms with van der Waals surface area (Å²) < 4.78 is 11.3. The zero-order valence-corrected chi connectivity index (χ0v) is 20.3. The smallest absolute Gasteiger partial charge is 0.295 e. The number of amides is 1. The highest BCUT2D eigenvalue weighted by molar-refractivity contribution is 6.46. The quantitative estimate of drug-likeness (QED) is 0.189. The number of Topliss-reactive ketones (excluding diaryl/α,β-unsaturated/α-hetero) is 1. The Morgan fingerprint density at radius 3 is 2.49 bits per heavy atom. The summed E-state index contributed by atoms with van der Waals surface area (Å²) in [5.41, 5.74) is 0.211. The second kappa shape index (κ2) is 10.6. The van der Waals surface area contributed by atoms with Crippen molar-refractivity contribution in [2.75, 3.05) is 34.3 Å². The molecule has 1 saturated heterocycles. The number of benzene rings is 2. The Bertz CT molecular complexity index is 1170. The lowest BCUT2D eigenvalue weighted by Gasteiger charge is -2.27. The highest BCUT2D eigenvalue weighted by Crippen LogP contribution is 2.42. The van der Waals surface area contributed by atoms with Crippen LogP contribution >= 0.6 is 0 Å². The Morgan fingerprint density at radius 2 is 1.89 bits per heavy atom. The summed E-state index contributed by atoms with van der Waals surface area (Å²) in [6.45, 7) is 4.46. The van der Waals surface area contributed by atoms with E-state index < -0.39 is 28.4 Å². The molecule has 1 N–H and O–H groups in total. The molecule has 1 unspecified atom stereocenters. The van der Waals surface area contributed by atoms with Crippen molar-refractivity contribution in [2.45, 2.75) is 26.0 Å². The van der Waals surface area contributed by atoms with Gasteiger partial charge in [0, 0.05) is 30.8 Å². The van der Waals surface area contributed by atoms with Crippen molar-refractivity contribution in [3.8, 4) is 11.5 Å². The van der Waals surface area contributed by atoms with E-state index in [1.165, 1.54) is 36.3 Å². The summed E-state index contributed by atoms with van der Waals surface area (Å²) in [6, 6.07) is 9.45. The maximum absolute atomic E-state index is 13.1. The molecule has 186 valence electrons. The summed E-state index contributed by atoms with van der Waals surface area (Å²) >= 11 is 0. The molecule has 2 aromatic carbocycles. The van der Waals surface area contributed by atoms with E-state index >= 15 is 0 Å². The lowest BCUT2D eigenvalue weighted by Crippen LogP contribution is -2.35. The van der Waals surface area contributed by atoms with E-state index in [4.69, 9.17) is 9.47 Å². The first kappa shape index (κ1) is 25.7. The molecule has 10 heteroatoms. The van der Waals surface area contributed by atoms with Crippen molar-refractivity contribution in [1.82, 2.24) is 9.80 Å². The third-order valence-corrected chi connectivity index (χ3v) is 5.52. The summed E-state index contributed by atoms with van der Waals surface area (Å²) in [6.07, 6.45) is -0.102. The Hall–Kier alpha value is -3.92. The minimum Gasteiger partial charge on any atom is -0.507 e. The van der Waals surface area contributed by atoms with E-state index in [-0.39, 0.29) is 29.5 Å². The van der Waals surface area contributed by atoms with Gasteiger partial charge < -0.3 is 24.4 Å². The largest absolute Gasteiger partial charge is 0.507 e. The molecule has 3 rings (SSSR count). The van der Waals surface area contributed by atoms with Crippen molar-refractivity contribution in [2.24, 2.45) is 0 Å². The Morgan fingerprint density at radius 1 is 1.17 bits per heavy atom. The number of carbonyl (C=O) groups excluding carboxylic acids is 2. The third-order valence-electron chi connectivity index (χ3n) is 5.52. The van der Waals surface area contributed by atoms with Crippen LogP contribution in [0.5, 0.6) is 11.5 Å². The van der Waals surface area contributed by atoms with Crippen LogP contribution in [0.1, 0.15) is 31.0 Å². The number of nitrogens with zero attached hydrogens (tertiary/aromatic N) is 3. The summed E-state index contributed by atoms with van der Waals surface area (Å²) in [7, 11) is 5.17. The van der Waals surface area contributed by atoms with Gasteiger partial charge in [-0.25, -0.2) is 0 Å². The molecule has 1 fully saturated rings. The van der Waals surface area contributed by atoms with Crippen LogP contribution in [0.15, 0.2) is 48.0 Å². The number of hydrogen-bond donors (Lipinski definition) is 1. The van der Waals surface area contributed by atoms with E-state index in [1.807, 2.05) is 32.8 Å². The molecule has 0 radical (unpaired) electrons. The second-order valence-corrected chi connectivity index (χ2v) is 8.68. The SMILES string of the molecule is COc1cc(C2/C(=C(\O)c3cccc([N+](=O)[O-])c3)C(=O)C(=O)N2CCN(C)C)ccc1OC(C)C.